The fourth-order valence-corrected chi connectivity index (χ4v) is 4.50. The van der Waals surface area contributed by atoms with Gasteiger partial charge in [0.1, 0.15) is 17.3 Å². The van der Waals surface area contributed by atoms with Crippen molar-refractivity contribution in [1.82, 2.24) is 14.9 Å². The zero-order chi connectivity index (χ0) is 22.1. The number of nitrogens with one attached hydrogen (secondary N) is 1. The lowest BCUT2D eigenvalue weighted by Gasteiger charge is -2.28. The Hall–Kier alpha value is -2.54. The van der Waals surface area contributed by atoms with Crippen LogP contribution in [0.5, 0.6) is 5.75 Å². The van der Waals surface area contributed by atoms with Crippen LogP contribution in [0.1, 0.15) is 41.9 Å². The number of hydrogen-bond donors (Lipinski definition) is 3. The minimum absolute atomic E-state index is 0.136. The molecule has 0 unspecified atom stereocenters. The van der Waals surface area contributed by atoms with Crippen LogP contribution in [-0.2, 0) is 0 Å². The van der Waals surface area contributed by atoms with Crippen LogP contribution in [0, 0.1) is 6.92 Å². The molecule has 1 heterocycles. The van der Waals surface area contributed by atoms with Crippen molar-refractivity contribution in [3.05, 3.63) is 63.9 Å². The molecule has 3 aromatic rings. The van der Waals surface area contributed by atoms with Gasteiger partial charge in [-0.3, -0.25) is 9.36 Å². The van der Waals surface area contributed by atoms with Gasteiger partial charge in [0, 0.05) is 16.3 Å². The Balaban J connectivity index is 1.80. The van der Waals surface area contributed by atoms with Crippen molar-refractivity contribution < 1.29 is 15.0 Å². The summed E-state index contributed by atoms with van der Waals surface area (Å²) in [6.07, 6.45) is 2.79. The lowest BCUT2D eigenvalue weighted by molar-refractivity contribution is 0.0713. The van der Waals surface area contributed by atoms with Crippen molar-refractivity contribution in [2.75, 3.05) is 0 Å². The number of phenolic OH excluding ortho intramolecular Hbond substituents is 1. The van der Waals surface area contributed by atoms with Gasteiger partial charge in [-0.05, 0) is 62.2 Å². The number of aromatic nitrogens is 2. The molecule has 1 fully saturated rings. The number of aliphatic hydroxyl groups is 1. The minimum atomic E-state index is -0.553. The zero-order valence-corrected chi connectivity index (χ0v) is 18.5. The number of aromatic hydroxyl groups is 1. The van der Waals surface area contributed by atoms with Gasteiger partial charge in [0.15, 0.2) is 0 Å². The van der Waals surface area contributed by atoms with Gasteiger partial charge in [0.2, 0.25) is 0 Å². The van der Waals surface area contributed by atoms with Crippen LogP contribution in [0.25, 0.3) is 17.1 Å². The number of imidazole rings is 1. The summed E-state index contributed by atoms with van der Waals surface area (Å²) in [6.45, 7) is 1.80. The quantitative estimate of drug-likeness (QED) is 0.517. The van der Waals surface area contributed by atoms with E-state index >= 15 is 0 Å². The van der Waals surface area contributed by atoms with Crippen LogP contribution in [-0.4, -0.2) is 37.8 Å². The number of carbonyl (C=O) groups excluding carboxylic acids is 1. The maximum Gasteiger partial charge on any atom is 0.272 e. The van der Waals surface area contributed by atoms with E-state index in [1.807, 2.05) is 4.57 Å². The first kappa shape index (κ1) is 21.7. The predicted octanol–water partition coefficient (Wildman–Crippen LogP) is 4.89. The molecule has 4 rings (SSSR count). The lowest BCUT2D eigenvalue weighted by atomic mass is 9.92. The summed E-state index contributed by atoms with van der Waals surface area (Å²) in [5.41, 5.74) is 2.22. The van der Waals surface area contributed by atoms with Gasteiger partial charge in [0.25, 0.3) is 5.91 Å². The van der Waals surface area contributed by atoms with Gasteiger partial charge >= 0.3 is 0 Å². The Morgan fingerprint density at radius 3 is 2.52 bits per heavy atom. The molecule has 1 aliphatic carbocycles. The summed E-state index contributed by atoms with van der Waals surface area (Å²) in [7, 11) is 0. The molecular formula is C23H23Cl2N3O3. The SMILES string of the molecule is Cc1c(C(=O)N[C@@H]2CCCC[C@H]2O)nc(-c2ccc(Cl)cc2Cl)n1-c1ccc(O)cc1. The van der Waals surface area contributed by atoms with Crippen LogP contribution >= 0.6 is 23.2 Å². The zero-order valence-electron chi connectivity index (χ0n) is 17.0. The van der Waals surface area contributed by atoms with E-state index in [0.717, 1.165) is 24.9 Å². The van der Waals surface area contributed by atoms with E-state index in [2.05, 4.69) is 10.3 Å². The normalized spacial score (nSPS) is 18.7. The van der Waals surface area contributed by atoms with E-state index in [1.54, 1.807) is 49.4 Å². The van der Waals surface area contributed by atoms with E-state index in [1.165, 1.54) is 0 Å². The molecule has 3 N–H and O–H groups in total. The summed E-state index contributed by atoms with van der Waals surface area (Å²) in [4.78, 5) is 17.7. The number of halogens is 2. The molecule has 8 heteroatoms. The smallest absolute Gasteiger partial charge is 0.272 e. The summed E-state index contributed by atoms with van der Waals surface area (Å²) < 4.78 is 1.82. The molecule has 6 nitrogen and oxygen atoms in total. The monoisotopic (exact) mass is 459 g/mol. The van der Waals surface area contributed by atoms with Crippen molar-refractivity contribution in [3.8, 4) is 22.8 Å². The second-order valence-electron chi connectivity index (χ2n) is 7.78. The number of aliphatic hydroxyl groups excluding tert-OH is 1. The largest absolute Gasteiger partial charge is 0.508 e. The standard InChI is InChI=1S/C23H23Cl2N3O3/c1-13-21(23(31)26-19-4-2-3-5-20(19)30)27-22(17-11-6-14(24)12-18(17)25)28(13)15-7-9-16(29)10-8-15/h6-12,19-20,29-30H,2-5H2,1H3,(H,26,31)/t19-,20-/m1/s1. The van der Waals surface area contributed by atoms with Crippen molar-refractivity contribution in [3.63, 3.8) is 0 Å². The molecule has 0 bridgehead atoms. The summed E-state index contributed by atoms with van der Waals surface area (Å²) >= 11 is 12.5. The maximum absolute atomic E-state index is 13.1. The van der Waals surface area contributed by atoms with Gasteiger partial charge in [0.05, 0.1) is 22.9 Å². The van der Waals surface area contributed by atoms with Gasteiger partial charge in [-0.1, -0.05) is 36.0 Å². The molecule has 0 radical (unpaired) electrons. The predicted molar refractivity (Wildman–Crippen MR) is 121 cm³/mol. The number of carbonyl (C=O) groups is 1. The Morgan fingerprint density at radius 2 is 1.84 bits per heavy atom. The maximum atomic E-state index is 13.1. The first-order valence-corrected chi connectivity index (χ1v) is 10.9. The van der Waals surface area contributed by atoms with E-state index in [4.69, 9.17) is 23.2 Å². The molecule has 1 amide bonds. The van der Waals surface area contributed by atoms with E-state index in [0.29, 0.717) is 33.5 Å². The molecule has 0 aliphatic heterocycles. The molecule has 1 aromatic heterocycles. The molecule has 2 aromatic carbocycles. The van der Waals surface area contributed by atoms with Crippen LogP contribution in [0.2, 0.25) is 10.0 Å². The minimum Gasteiger partial charge on any atom is -0.508 e. The third-order valence-corrected chi connectivity index (χ3v) is 6.20. The van der Waals surface area contributed by atoms with Crippen molar-refractivity contribution in [2.24, 2.45) is 0 Å². The highest BCUT2D eigenvalue weighted by Crippen LogP contribution is 2.33. The van der Waals surface area contributed by atoms with Gasteiger partial charge in [-0.25, -0.2) is 4.98 Å². The van der Waals surface area contributed by atoms with Gasteiger partial charge < -0.3 is 15.5 Å². The summed E-state index contributed by atoms with van der Waals surface area (Å²) in [6, 6.07) is 11.4. The highest BCUT2D eigenvalue weighted by atomic mass is 35.5. The van der Waals surface area contributed by atoms with Crippen molar-refractivity contribution in [1.29, 1.82) is 0 Å². The second-order valence-corrected chi connectivity index (χ2v) is 8.62. The Bertz CT molecular complexity index is 1110. The number of rotatable bonds is 4. The molecule has 1 saturated carbocycles. The number of amides is 1. The third kappa shape index (κ3) is 4.42. The van der Waals surface area contributed by atoms with E-state index in [-0.39, 0.29) is 23.4 Å². The van der Waals surface area contributed by atoms with Crippen LogP contribution in [0.3, 0.4) is 0 Å². The number of phenols is 1. The van der Waals surface area contributed by atoms with Crippen molar-refractivity contribution in [2.45, 2.75) is 44.8 Å². The molecule has 162 valence electrons. The second kappa shape index (κ2) is 8.91. The number of benzene rings is 2. The first-order chi connectivity index (χ1) is 14.8. The Kier molecular flexibility index (Phi) is 6.23. The highest BCUT2D eigenvalue weighted by Gasteiger charge is 2.28. The fourth-order valence-electron chi connectivity index (χ4n) is 4.00. The average Bonchev–Trinajstić information content (AvgIpc) is 3.07. The molecule has 0 saturated heterocycles. The van der Waals surface area contributed by atoms with Crippen LogP contribution < -0.4 is 5.32 Å². The van der Waals surface area contributed by atoms with Gasteiger partial charge in [-0.2, -0.15) is 0 Å². The Labute approximate surface area is 190 Å². The van der Waals surface area contributed by atoms with E-state index in [9.17, 15) is 15.0 Å². The van der Waals surface area contributed by atoms with E-state index < -0.39 is 6.10 Å². The fraction of sp³-hybridized carbons (Fsp3) is 0.304. The summed E-state index contributed by atoms with van der Waals surface area (Å²) in [5.74, 6) is 0.281. The molecule has 2 atom stereocenters. The number of hydrogen-bond acceptors (Lipinski definition) is 4. The van der Waals surface area contributed by atoms with Crippen LogP contribution in [0.4, 0.5) is 0 Å². The van der Waals surface area contributed by atoms with Gasteiger partial charge in [-0.15, -0.1) is 0 Å². The number of nitrogens with zero attached hydrogens (tertiary/aromatic N) is 2. The lowest BCUT2D eigenvalue weighted by Crippen LogP contribution is -2.45. The highest BCUT2D eigenvalue weighted by molar-refractivity contribution is 6.36. The van der Waals surface area contributed by atoms with Crippen LogP contribution in [0.15, 0.2) is 42.5 Å². The summed E-state index contributed by atoms with van der Waals surface area (Å²) in [5, 5.41) is 23.8. The molecular weight excluding hydrogens is 437 g/mol. The topological polar surface area (TPSA) is 87.4 Å². The first-order valence-electron chi connectivity index (χ1n) is 10.2. The third-order valence-electron chi connectivity index (χ3n) is 5.65. The Morgan fingerprint density at radius 1 is 1.13 bits per heavy atom. The average molecular weight is 460 g/mol. The van der Waals surface area contributed by atoms with Crippen molar-refractivity contribution >= 4 is 29.1 Å². The molecule has 0 spiro atoms. The molecule has 1 aliphatic rings. The molecule has 31 heavy (non-hydrogen) atoms.